The molecule has 0 saturated heterocycles. The number of sulfonamides is 1. The van der Waals surface area contributed by atoms with Crippen molar-refractivity contribution in [2.45, 2.75) is 11.0 Å². The molecule has 4 nitrogen and oxygen atoms in total. The van der Waals surface area contributed by atoms with Crippen LogP contribution in [0, 0.1) is 0 Å². The minimum absolute atomic E-state index is 0.0446. The third kappa shape index (κ3) is 4.18. The molecule has 0 bridgehead atoms. The standard InChI is InChI=1S/C13H13Cl2NO3S2/c1-19-12(9-4-5-20-8-9)7-16-21(17,18)13-6-10(14)2-3-11(13)15/h2-6,8,12,16H,7H2,1H3/t12-/m1/s1. The largest absolute Gasteiger partial charge is 0.375 e. The summed E-state index contributed by atoms with van der Waals surface area (Å²) in [4.78, 5) is -0.0446. The summed E-state index contributed by atoms with van der Waals surface area (Å²) >= 11 is 13.3. The van der Waals surface area contributed by atoms with E-state index in [-0.39, 0.29) is 22.6 Å². The van der Waals surface area contributed by atoms with E-state index in [1.807, 2.05) is 16.8 Å². The maximum Gasteiger partial charge on any atom is 0.242 e. The van der Waals surface area contributed by atoms with Gasteiger partial charge in [-0.25, -0.2) is 13.1 Å². The highest BCUT2D eigenvalue weighted by Gasteiger charge is 2.21. The normalized spacial score (nSPS) is 13.3. The topological polar surface area (TPSA) is 55.4 Å². The molecule has 0 spiro atoms. The second-order valence-corrected chi connectivity index (χ2v) is 7.57. The van der Waals surface area contributed by atoms with Crippen LogP contribution in [-0.4, -0.2) is 22.1 Å². The van der Waals surface area contributed by atoms with E-state index in [2.05, 4.69) is 4.72 Å². The highest BCUT2D eigenvalue weighted by atomic mass is 35.5. The van der Waals surface area contributed by atoms with Crippen LogP contribution in [0.2, 0.25) is 10.0 Å². The summed E-state index contributed by atoms with van der Waals surface area (Å²) in [5.41, 5.74) is 0.919. The summed E-state index contributed by atoms with van der Waals surface area (Å²) in [6.45, 7) is 0.110. The second kappa shape index (κ2) is 7.09. The molecular formula is C13H13Cl2NO3S2. The summed E-state index contributed by atoms with van der Waals surface area (Å²) in [6.07, 6.45) is -0.357. The van der Waals surface area contributed by atoms with Crippen LogP contribution in [0.4, 0.5) is 0 Å². The van der Waals surface area contributed by atoms with Crippen molar-refractivity contribution in [3.8, 4) is 0 Å². The van der Waals surface area contributed by atoms with Crippen molar-refractivity contribution < 1.29 is 13.2 Å². The molecule has 0 radical (unpaired) electrons. The molecule has 21 heavy (non-hydrogen) atoms. The van der Waals surface area contributed by atoms with Crippen molar-refractivity contribution in [1.82, 2.24) is 4.72 Å². The van der Waals surface area contributed by atoms with Gasteiger partial charge in [-0.2, -0.15) is 11.3 Å². The van der Waals surface area contributed by atoms with E-state index in [0.29, 0.717) is 5.02 Å². The molecular weight excluding hydrogens is 353 g/mol. The van der Waals surface area contributed by atoms with Gasteiger partial charge in [-0.3, -0.25) is 0 Å². The predicted octanol–water partition coefficient (Wildman–Crippen LogP) is 3.72. The van der Waals surface area contributed by atoms with Gasteiger partial charge in [0.15, 0.2) is 0 Å². The van der Waals surface area contributed by atoms with Gasteiger partial charge >= 0.3 is 0 Å². The highest BCUT2D eigenvalue weighted by Crippen LogP contribution is 2.25. The SMILES string of the molecule is CO[C@H](CNS(=O)(=O)c1cc(Cl)ccc1Cl)c1ccsc1. The molecule has 1 atom stereocenters. The molecule has 0 saturated carbocycles. The van der Waals surface area contributed by atoms with E-state index in [1.165, 1.54) is 36.6 Å². The zero-order valence-electron chi connectivity index (χ0n) is 11.0. The predicted molar refractivity (Wildman–Crippen MR) is 85.7 cm³/mol. The van der Waals surface area contributed by atoms with Crippen LogP contribution in [0.1, 0.15) is 11.7 Å². The van der Waals surface area contributed by atoms with Crippen molar-refractivity contribution in [2.75, 3.05) is 13.7 Å². The van der Waals surface area contributed by atoms with E-state index in [1.54, 1.807) is 0 Å². The second-order valence-electron chi connectivity index (χ2n) is 4.21. The smallest absolute Gasteiger partial charge is 0.242 e. The fourth-order valence-corrected chi connectivity index (χ4v) is 4.24. The summed E-state index contributed by atoms with van der Waals surface area (Å²) in [5.74, 6) is 0. The first-order valence-electron chi connectivity index (χ1n) is 5.93. The van der Waals surface area contributed by atoms with Gasteiger partial charge in [0.05, 0.1) is 11.1 Å². The zero-order chi connectivity index (χ0) is 15.5. The van der Waals surface area contributed by atoms with Gasteiger partial charge in [0.1, 0.15) is 4.90 Å². The number of methoxy groups -OCH3 is 1. The molecule has 2 rings (SSSR count). The Hall–Kier alpha value is -0.630. The van der Waals surface area contributed by atoms with Gasteiger partial charge in [0, 0.05) is 18.7 Å². The lowest BCUT2D eigenvalue weighted by molar-refractivity contribution is 0.107. The number of ether oxygens (including phenoxy) is 1. The maximum atomic E-state index is 12.3. The Kier molecular flexibility index (Phi) is 5.65. The number of nitrogens with one attached hydrogen (secondary N) is 1. The monoisotopic (exact) mass is 365 g/mol. The molecule has 8 heteroatoms. The molecule has 0 amide bonds. The first-order valence-corrected chi connectivity index (χ1v) is 9.12. The zero-order valence-corrected chi connectivity index (χ0v) is 14.2. The van der Waals surface area contributed by atoms with Gasteiger partial charge in [0.25, 0.3) is 0 Å². The molecule has 0 unspecified atom stereocenters. The van der Waals surface area contributed by atoms with Crippen molar-refractivity contribution in [1.29, 1.82) is 0 Å². The Morgan fingerprint density at radius 1 is 1.33 bits per heavy atom. The summed E-state index contributed by atoms with van der Waals surface area (Å²) in [7, 11) is -2.22. The average molecular weight is 366 g/mol. The van der Waals surface area contributed by atoms with E-state index < -0.39 is 10.0 Å². The lowest BCUT2D eigenvalue weighted by atomic mass is 10.2. The summed E-state index contributed by atoms with van der Waals surface area (Å²) in [5, 5.41) is 4.25. The number of benzene rings is 1. The lowest BCUT2D eigenvalue weighted by Crippen LogP contribution is -2.29. The summed E-state index contributed by atoms with van der Waals surface area (Å²) in [6, 6.07) is 6.19. The quantitative estimate of drug-likeness (QED) is 0.848. The maximum absolute atomic E-state index is 12.3. The van der Waals surface area contributed by atoms with Crippen molar-refractivity contribution in [2.24, 2.45) is 0 Å². The molecule has 2 aromatic rings. The van der Waals surface area contributed by atoms with Gasteiger partial charge in [-0.05, 0) is 40.6 Å². The number of hydrogen-bond donors (Lipinski definition) is 1. The molecule has 1 aromatic carbocycles. The Morgan fingerprint density at radius 2 is 2.10 bits per heavy atom. The van der Waals surface area contributed by atoms with Crippen LogP contribution in [0.3, 0.4) is 0 Å². The third-order valence-corrected chi connectivity index (χ3v) is 5.68. The van der Waals surface area contributed by atoms with E-state index >= 15 is 0 Å². The fourth-order valence-electron chi connectivity index (χ4n) is 1.74. The Balaban J connectivity index is 2.16. The molecule has 114 valence electrons. The highest BCUT2D eigenvalue weighted by molar-refractivity contribution is 7.89. The molecule has 1 heterocycles. The van der Waals surface area contributed by atoms with Crippen molar-refractivity contribution >= 4 is 44.6 Å². The fraction of sp³-hybridized carbons (Fsp3) is 0.231. The first-order chi connectivity index (χ1) is 9.94. The Bertz CT molecular complexity index is 702. The van der Waals surface area contributed by atoms with Gasteiger partial charge in [0.2, 0.25) is 10.0 Å². The van der Waals surface area contributed by atoms with Crippen LogP contribution >= 0.6 is 34.5 Å². The van der Waals surface area contributed by atoms with Gasteiger partial charge < -0.3 is 4.74 Å². The van der Waals surface area contributed by atoms with Crippen LogP contribution in [0.5, 0.6) is 0 Å². The molecule has 1 aromatic heterocycles. The van der Waals surface area contributed by atoms with Crippen molar-refractivity contribution in [3.63, 3.8) is 0 Å². The van der Waals surface area contributed by atoms with Crippen LogP contribution in [-0.2, 0) is 14.8 Å². The molecule has 1 N–H and O–H groups in total. The minimum Gasteiger partial charge on any atom is -0.375 e. The molecule has 0 fully saturated rings. The number of rotatable bonds is 6. The summed E-state index contributed by atoms with van der Waals surface area (Å²) < 4.78 is 32.4. The van der Waals surface area contributed by atoms with Crippen molar-refractivity contribution in [3.05, 3.63) is 50.6 Å². The van der Waals surface area contributed by atoms with E-state index in [9.17, 15) is 8.42 Å². The average Bonchev–Trinajstić information content (AvgIpc) is 2.96. The lowest BCUT2D eigenvalue weighted by Gasteiger charge is -2.15. The van der Waals surface area contributed by atoms with E-state index in [4.69, 9.17) is 27.9 Å². The number of thiophene rings is 1. The molecule has 0 aliphatic heterocycles. The Morgan fingerprint density at radius 3 is 2.71 bits per heavy atom. The molecule has 0 aliphatic carbocycles. The number of hydrogen-bond acceptors (Lipinski definition) is 4. The first kappa shape index (κ1) is 16.7. The van der Waals surface area contributed by atoms with Crippen LogP contribution in [0.25, 0.3) is 0 Å². The molecule has 0 aliphatic rings. The third-order valence-electron chi connectivity index (χ3n) is 2.84. The van der Waals surface area contributed by atoms with Crippen LogP contribution < -0.4 is 4.72 Å². The van der Waals surface area contributed by atoms with E-state index in [0.717, 1.165) is 5.56 Å². The Labute approximate surface area is 137 Å². The van der Waals surface area contributed by atoms with Gasteiger partial charge in [-0.15, -0.1) is 0 Å². The number of halogens is 2. The van der Waals surface area contributed by atoms with Crippen LogP contribution in [0.15, 0.2) is 39.9 Å². The van der Waals surface area contributed by atoms with Gasteiger partial charge in [-0.1, -0.05) is 23.2 Å². The minimum atomic E-state index is -3.75.